The number of aromatic nitrogens is 1. The van der Waals surface area contributed by atoms with Crippen molar-refractivity contribution in [3.8, 4) is 16.3 Å². The van der Waals surface area contributed by atoms with Crippen LogP contribution in [0.15, 0.2) is 60.0 Å². The summed E-state index contributed by atoms with van der Waals surface area (Å²) in [7, 11) is 1.68. The normalized spacial score (nSPS) is 15.3. The molecule has 0 saturated heterocycles. The lowest BCUT2D eigenvalue weighted by Crippen LogP contribution is -2.39. The molecule has 0 radical (unpaired) electrons. The summed E-state index contributed by atoms with van der Waals surface area (Å²) in [5.74, 6) is 0.759. The largest absolute Gasteiger partial charge is 0.497 e. The second kappa shape index (κ2) is 8.15. The van der Waals surface area contributed by atoms with Crippen molar-refractivity contribution in [3.63, 3.8) is 0 Å². The van der Waals surface area contributed by atoms with Crippen molar-refractivity contribution in [3.05, 3.63) is 71.2 Å². The first-order valence-corrected chi connectivity index (χ1v) is 10.5. The molecule has 4 rings (SSSR count). The van der Waals surface area contributed by atoms with E-state index in [4.69, 9.17) is 4.74 Å². The Morgan fingerprint density at radius 3 is 2.50 bits per heavy atom. The Balaban J connectivity index is 1.47. The van der Waals surface area contributed by atoms with Crippen LogP contribution >= 0.6 is 11.3 Å². The van der Waals surface area contributed by atoms with E-state index >= 15 is 0 Å². The van der Waals surface area contributed by atoms with Gasteiger partial charge < -0.3 is 10.1 Å². The molecule has 1 N–H and O–H groups in total. The van der Waals surface area contributed by atoms with Gasteiger partial charge in [0.1, 0.15) is 16.5 Å². The number of rotatable bonds is 6. The van der Waals surface area contributed by atoms with Gasteiger partial charge in [-0.3, -0.25) is 4.79 Å². The highest BCUT2D eigenvalue weighted by Crippen LogP contribution is 2.41. The van der Waals surface area contributed by atoms with Crippen LogP contribution in [0.3, 0.4) is 0 Å². The fourth-order valence-electron chi connectivity index (χ4n) is 4.00. The number of hydrogen-bond donors (Lipinski definition) is 1. The maximum absolute atomic E-state index is 12.7. The van der Waals surface area contributed by atoms with Gasteiger partial charge in [-0.25, -0.2) is 4.98 Å². The zero-order valence-corrected chi connectivity index (χ0v) is 16.8. The number of carbonyl (C=O) groups is 1. The molecule has 0 unspecified atom stereocenters. The van der Waals surface area contributed by atoms with E-state index in [2.05, 4.69) is 22.4 Å². The summed E-state index contributed by atoms with van der Waals surface area (Å²) in [6, 6.07) is 18.2. The number of ether oxygens (including phenoxy) is 1. The average molecular weight is 393 g/mol. The third-order valence-electron chi connectivity index (χ3n) is 5.61. The van der Waals surface area contributed by atoms with Crippen LogP contribution in [0.1, 0.15) is 41.7 Å². The van der Waals surface area contributed by atoms with E-state index in [9.17, 15) is 4.79 Å². The van der Waals surface area contributed by atoms with Crippen LogP contribution in [-0.4, -0.2) is 24.5 Å². The zero-order chi connectivity index (χ0) is 19.4. The molecule has 28 heavy (non-hydrogen) atoms. The predicted octanol–water partition coefficient (Wildman–Crippen LogP) is 5.06. The van der Waals surface area contributed by atoms with Gasteiger partial charge in [0.2, 0.25) is 0 Å². The van der Waals surface area contributed by atoms with Gasteiger partial charge in [0.15, 0.2) is 0 Å². The minimum Gasteiger partial charge on any atom is -0.497 e. The van der Waals surface area contributed by atoms with E-state index in [1.54, 1.807) is 7.11 Å². The summed E-state index contributed by atoms with van der Waals surface area (Å²) in [6.07, 6.45) is 4.56. The van der Waals surface area contributed by atoms with Crippen LogP contribution < -0.4 is 10.1 Å². The summed E-state index contributed by atoms with van der Waals surface area (Å²) in [5, 5.41) is 5.86. The first-order valence-electron chi connectivity index (χ1n) is 9.64. The van der Waals surface area contributed by atoms with Gasteiger partial charge >= 0.3 is 0 Å². The molecule has 144 valence electrons. The molecule has 1 aliphatic rings. The van der Waals surface area contributed by atoms with E-state index in [1.165, 1.54) is 29.7 Å². The molecule has 0 atom stereocenters. The first-order chi connectivity index (χ1) is 13.7. The topological polar surface area (TPSA) is 51.2 Å². The molecule has 1 amide bonds. The number of methoxy groups -OCH3 is 1. The third kappa shape index (κ3) is 3.80. The van der Waals surface area contributed by atoms with Gasteiger partial charge in [-0.2, -0.15) is 0 Å². The standard InChI is InChI=1S/C23H24N2O2S/c1-27-19-11-9-18(10-12-19)23(13-5-6-14-23)16-24-21(26)20-15-28-22(25-20)17-7-3-2-4-8-17/h2-4,7-12,15H,5-6,13-14,16H2,1H3,(H,24,26). The van der Waals surface area contributed by atoms with Crippen LogP contribution in [0.4, 0.5) is 0 Å². The highest BCUT2D eigenvalue weighted by atomic mass is 32.1. The Hall–Kier alpha value is -2.66. The summed E-state index contributed by atoms with van der Waals surface area (Å²) < 4.78 is 5.28. The Morgan fingerprint density at radius 1 is 1.11 bits per heavy atom. The number of nitrogens with one attached hydrogen (secondary N) is 1. The monoisotopic (exact) mass is 392 g/mol. The SMILES string of the molecule is COc1ccc(C2(CNC(=O)c3csc(-c4ccccc4)n3)CCCC2)cc1. The summed E-state index contributed by atoms with van der Waals surface area (Å²) in [6.45, 7) is 0.635. The third-order valence-corrected chi connectivity index (χ3v) is 6.50. The minimum absolute atomic E-state index is 0.000211. The van der Waals surface area contributed by atoms with Gasteiger partial charge in [-0.1, -0.05) is 55.3 Å². The number of amides is 1. The van der Waals surface area contributed by atoms with E-state index in [1.807, 2.05) is 47.8 Å². The maximum Gasteiger partial charge on any atom is 0.270 e. The van der Waals surface area contributed by atoms with Crippen molar-refractivity contribution in [2.75, 3.05) is 13.7 Å². The highest BCUT2D eigenvalue weighted by Gasteiger charge is 2.36. The van der Waals surface area contributed by atoms with Crippen molar-refractivity contribution in [1.29, 1.82) is 0 Å². The van der Waals surface area contributed by atoms with Crippen molar-refractivity contribution in [2.45, 2.75) is 31.1 Å². The quantitative estimate of drug-likeness (QED) is 0.638. The van der Waals surface area contributed by atoms with Crippen LogP contribution in [0, 0.1) is 0 Å². The Kier molecular flexibility index (Phi) is 5.44. The predicted molar refractivity (Wildman–Crippen MR) is 113 cm³/mol. The highest BCUT2D eigenvalue weighted by molar-refractivity contribution is 7.13. The molecular weight excluding hydrogens is 368 g/mol. The van der Waals surface area contributed by atoms with E-state index in [0.29, 0.717) is 12.2 Å². The summed E-state index contributed by atoms with van der Waals surface area (Å²) in [4.78, 5) is 17.3. The second-order valence-electron chi connectivity index (χ2n) is 7.30. The van der Waals surface area contributed by atoms with Crippen molar-refractivity contribution < 1.29 is 9.53 Å². The number of carbonyl (C=O) groups excluding carboxylic acids is 1. The Morgan fingerprint density at radius 2 is 1.82 bits per heavy atom. The van der Waals surface area contributed by atoms with Crippen LogP contribution in [0.5, 0.6) is 5.75 Å². The van der Waals surface area contributed by atoms with Crippen molar-refractivity contribution in [2.24, 2.45) is 0 Å². The molecule has 1 saturated carbocycles. The molecule has 2 aromatic carbocycles. The molecule has 0 aliphatic heterocycles. The molecular formula is C23H24N2O2S. The lowest BCUT2D eigenvalue weighted by Gasteiger charge is -2.30. The van der Waals surface area contributed by atoms with Gasteiger partial charge in [-0.15, -0.1) is 11.3 Å². The molecule has 1 fully saturated rings. The summed E-state index contributed by atoms with van der Waals surface area (Å²) >= 11 is 1.50. The second-order valence-corrected chi connectivity index (χ2v) is 8.16. The van der Waals surface area contributed by atoms with E-state index < -0.39 is 0 Å². The van der Waals surface area contributed by atoms with Crippen LogP contribution in [0.25, 0.3) is 10.6 Å². The molecule has 1 aliphatic carbocycles. The van der Waals surface area contributed by atoms with E-state index in [-0.39, 0.29) is 11.3 Å². The molecule has 5 heteroatoms. The summed E-state index contributed by atoms with van der Waals surface area (Å²) in [5.41, 5.74) is 2.80. The number of benzene rings is 2. The maximum atomic E-state index is 12.7. The van der Waals surface area contributed by atoms with Gasteiger partial charge in [0.05, 0.1) is 7.11 Å². The van der Waals surface area contributed by atoms with Gasteiger partial charge in [0.25, 0.3) is 5.91 Å². The molecule has 4 nitrogen and oxygen atoms in total. The fraction of sp³-hybridized carbons (Fsp3) is 0.304. The molecule has 0 spiro atoms. The van der Waals surface area contributed by atoms with Crippen LogP contribution in [-0.2, 0) is 5.41 Å². The lowest BCUT2D eigenvalue weighted by molar-refractivity contribution is 0.0939. The minimum atomic E-state index is -0.0989. The average Bonchev–Trinajstić information content (AvgIpc) is 3.44. The van der Waals surface area contributed by atoms with E-state index in [0.717, 1.165) is 29.2 Å². The molecule has 0 bridgehead atoms. The molecule has 3 aromatic rings. The zero-order valence-electron chi connectivity index (χ0n) is 16.0. The lowest BCUT2D eigenvalue weighted by atomic mass is 9.78. The van der Waals surface area contributed by atoms with Crippen molar-refractivity contribution >= 4 is 17.2 Å². The Bertz CT molecular complexity index is 929. The molecule has 1 heterocycles. The smallest absolute Gasteiger partial charge is 0.270 e. The first kappa shape index (κ1) is 18.7. The number of thiazole rings is 1. The fourth-order valence-corrected chi connectivity index (χ4v) is 4.80. The molecule has 1 aromatic heterocycles. The number of hydrogen-bond acceptors (Lipinski definition) is 4. The van der Waals surface area contributed by atoms with Crippen molar-refractivity contribution in [1.82, 2.24) is 10.3 Å². The van der Waals surface area contributed by atoms with Gasteiger partial charge in [-0.05, 0) is 30.5 Å². The van der Waals surface area contributed by atoms with Gasteiger partial charge in [0, 0.05) is 22.9 Å². The number of nitrogens with zero attached hydrogens (tertiary/aromatic N) is 1. The van der Waals surface area contributed by atoms with Crippen LogP contribution in [0.2, 0.25) is 0 Å². The Labute approximate surface area is 169 Å².